The molecule has 0 aromatic rings. The molecule has 0 spiro atoms. The molecule has 2 unspecified atom stereocenters. The first-order valence-corrected chi connectivity index (χ1v) is 8.20. The molecule has 0 radical (unpaired) electrons. The van der Waals surface area contributed by atoms with Crippen molar-refractivity contribution in [1.29, 1.82) is 0 Å². The van der Waals surface area contributed by atoms with Crippen LogP contribution in [0, 0.1) is 5.92 Å². The second-order valence-electron chi connectivity index (χ2n) is 6.55. The second-order valence-corrected chi connectivity index (χ2v) is 6.55. The highest BCUT2D eigenvalue weighted by Crippen LogP contribution is 2.31. The molecule has 2 N–H and O–H groups in total. The number of hydrogen-bond donors (Lipinski definition) is 1. The third kappa shape index (κ3) is 4.57. The molecule has 3 nitrogen and oxygen atoms in total. The highest BCUT2D eigenvalue weighted by molar-refractivity contribution is 4.90. The van der Waals surface area contributed by atoms with Gasteiger partial charge in [0.1, 0.15) is 6.04 Å². The Morgan fingerprint density at radius 3 is 2.14 bits per heavy atom. The maximum Gasteiger partial charge on any atom is 0.405 e. The van der Waals surface area contributed by atoms with Crippen LogP contribution in [0.5, 0.6) is 0 Å². The quantitative estimate of drug-likeness (QED) is 0.847. The number of nitrogens with two attached hydrogens (primary N) is 1. The largest absolute Gasteiger partial charge is 0.405 e. The van der Waals surface area contributed by atoms with E-state index < -0.39 is 18.3 Å². The van der Waals surface area contributed by atoms with Gasteiger partial charge < -0.3 is 10.6 Å². The molecule has 2 rings (SSSR count). The monoisotopic (exact) mass is 307 g/mol. The van der Waals surface area contributed by atoms with Crippen LogP contribution in [-0.2, 0) is 0 Å². The summed E-state index contributed by atoms with van der Waals surface area (Å²) in [4.78, 5) is 4.02. The lowest BCUT2D eigenvalue weighted by atomic mass is 9.93. The first-order chi connectivity index (χ1) is 9.91. The van der Waals surface area contributed by atoms with Gasteiger partial charge in [0.25, 0.3) is 0 Å². The molecule has 2 atom stereocenters. The minimum absolute atomic E-state index is 0.359. The molecule has 2 heterocycles. The SMILES string of the molecule is CCC(N)C(N1CCC(CN2CCCC2)CC1)C(F)(F)F. The van der Waals surface area contributed by atoms with Crippen LogP contribution in [0.3, 0.4) is 0 Å². The van der Waals surface area contributed by atoms with E-state index in [0.717, 1.165) is 32.5 Å². The van der Waals surface area contributed by atoms with Gasteiger partial charge in [0, 0.05) is 12.6 Å². The van der Waals surface area contributed by atoms with Crippen LogP contribution >= 0.6 is 0 Å². The molecule has 0 saturated carbocycles. The highest BCUT2D eigenvalue weighted by atomic mass is 19.4. The van der Waals surface area contributed by atoms with Gasteiger partial charge in [-0.15, -0.1) is 0 Å². The highest BCUT2D eigenvalue weighted by Gasteiger charge is 2.47. The lowest BCUT2D eigenvalue weighted by Gasteiger charge is -2.41. The molecule has 2 fully saturated rings. The molecule has 0 amide bonds. The number of piperidine rings is 1. The van der Waals surface area contributed by atoms with Crippen LogP contribution in [0.2, 0.25) is 0 Å². The Morgan fingerprint density at radius 1 is 1.10 bits per heavy atom. The van der Waals surface area contributed by atoms with Gasteiger partial charge in [0.15, 0.2) is 0 Å². The molecule has 2 aliphatic heterocycles. The molecule has 0 aliphatic carbocycles. The van der Waals surface area contributed by atoms with Crippen LogP contribution in [0.1, 0.15) is 39.0 Å². The van der Waals surface area contributed by atoms with E-state index in [1.54, 1.807) is 11.8 Å². The van der Waals surface area contributed by atoms with Crippen molar-refractivity contribution in [1.82, 2.24) is 9.80 Å². The lowest BCUT2D eigenvalue weighted by molar-refractivity contribution is -0.192. The van der Waals surface area contributed by atoms with E-state index in [0.29, 0.717) is 25.4 Å². The van der Waals surface area contributed by atoms with Gasteiger partial charge in [-0.3, -0.25) is 4.90 Å². The van der Waals surface area contributed by atoms with E-state index in [4.69, 9.17) is 5.73 Å². The van der Waals surface area contributed by atoms with Crippen molar-refractivity contribution in [2.75, 3.05) is 32.7 Å². The molecule has 6 heteroatoms. The Balaban J connectivity index is 1.85. The summed E-state index contributed by atoms with van der Waals surface area (Å²) >= 11 is 0. The molecule has 2 saturated heterocycles. The second kappa shape index (κ2) is 7.29. The Morgan fingerprint density at radius 2 is 1.67 bits per heavy atom. The van der Waals surface area contributed by atoms with Gasteiger partial charge in [-0.25, -0.2) is 0 Å². The number of hydrogen-bond acceptors (Lipinski definition) is 3. The smallest absolute Gasteiger partial charge is 0.326 e. The van der Waals surface area contributed by atoms with Crippen LogP contribution in [0.25, 0.3) is 0 Å². The van der Waals surface area contributed by atoms with Gasteiger partial charge in [-0.1, -0.05) is 6.92 Å². The lowest BCUT2D eigenvalue weighted by Crippen LogP contribution is -2.58. The van der Waals surface area contributed by atoms with E-state index in [1.807, 2.05) is 0 Å². The van der Waals surface area contributed by atoms with Crippen molar-refractivity contribution in [3.63, 3.8) is 0 Å². The third-order valence-corrected chi connectivity index (χ3v) is 4.97. The zero-order valence-electron chi connectivity index (χ0n) is 12.9. The number of nitrogens with zero attached hydrogens (tertiary/aromatic N) is 2. The minimum Gasteiger partial charge on any atom is -0.326 e. The van der Waals surface area contributed by atoms with E-state index >= 15 is 0 Å². The van der Waals surface area contributed by atoms with Crippen LogP contribution in [-0.4, -0.2) is 60.8 Å². The van der Waals surface area contributed by atoms with Crippen molar-refractivity contribution in [2.24, 2.45) is 11.7 Å². The standard InChI is InChI=1S/C15H28F3N3/c1-2-13(19)14(15(16,17)18)21-9-5-12(6-10-21)11-20-7-3-4-8-20/h12-14H,2-11,19H2,1H3. The van der Waals surface area contributed by atoms with Gasteiger partial charge in [-0.2, -0.15) is 13.2 Å². The predicted octanol–water partition coefficient (Wildman–Crippen LogP) is 2.46. The van der Waals surface area contributed by atoms with Crippen molar-refractivity contribution in [2.45, 2.75) is 57.3 Å². The van der Waals surface area contributed by atoms with E-state index in [1.165, 1.54) is 12.8 Å². The van der Waals surface area contributed by atoms with Crippen molar-refractivity contribution < 1.29 is 13.2 Å². The van der Waals surface area contributed by atoms with Crippen molar-refractivity contribution >= 4 is 0 Å². The summed E-state index contributed by atoms with van der Waals surface area (Å²) in [6.07, 6.45) is 0.384. The molecule has 0 aromatic carbocycles. The summed E-state index contributed by atoms with van der Waals surface area (Å²) in [6, 6.07) is -2.30. The van der Waals surface area contributed by atoms with Gasteiger partial charge in [0.05, 0.1) is 0 Å². The fourth-order valence-corrected chi connectivity index (χ4v) is 3.69. The average Bonchev–Trinajstić information content (AvgIpc) is 2.92. The Kier molecular flexibility index (Phi) is 5.91. The van der Waals surface area contributed by atoms with Crippen LogP contribution in [0.4, 0.5) is 13.2 Å². The summed E-state index contributed by atoms with van der Waals surface area (Å²) in [5.74, 6) is 0.547. The molecule has 0 bridgehead atoms. The summed E-state index contributed by atoms with van der Waals surface area (Å²) in [5, 5.41) is 0. The summed E-state index contributed by atoms with van der Waals surface area (Å²) < 4.78 is 39.7. The maximum atomic E-state index is 13.2. The average molecular weight is 307 g/mol. The zero-order valence-corrected chi connectivity index (χ0v) is 12.9. The van der Waals surface area contributed by atoms with Gasteiger partial charge in [0.2, 0.25) is 0 Å². The summed E-state index contributed by atoms with van der Waals surface area (Å²) in [6.45, 7) is 6.15. The van der Waals surface area contributed by atoms with E-state index in [-0.39, 0.29) is 0 Å². The fourth-order valence-electron chi connectivity index (χ4n) is 3.69. The van der Waals surface area contributed by atoms with Crippen molar-refractivity contribution in [3.8, 4) is 0 Å². The van der Waals surface area contributed by atoms with Crippen LogP contribution < -0.4 is 5.73 Å². The minimum atomic E-state index is -4.22. The van der Waals surface area contributed by atoms with Gasteiger partial charge >= 0.3 is 6.18 Å². The molecule has 2 aliphatic rings. The molecular weight excluding hydrogens is 279 g/mol. The number of likely N-dealkylation sites (tertiary alicyclic amines) is 2. The molecular formula is C15H28F3N3. The molecule has 0 aromatic heterocycles. The Bertz CT molecular complexity index is 308. The number of alkyl halides is 3. The Labute approximate surface area is 125 Å². The number of rotatable bonds is 5. The first kappa shape index (κ1) is 17.0. The van der Waals surface area contributed by atoms with Crippen molar-refractivity contribution in [3.05, 3.63) is 0 Å². The normalized spacial score (nSPS) is 26.1. The molecule has 124 valence electrons. The predicted molar refractivity (Wildman–Crippen MR) is 78.1 cm³/mol. The zero-order chi connectivity index (χ0) is 15.5. The van der Waals surface area contributed by atoms with E-state index in [9.17, 15) is 13.2 Å². The topological polar surface area (TPSA) is 32.5 Å². The molecule has 21 heavy (non-hydrogen) atoms. The Hall–Kier alpha value is -0.330. The van der Waals surface area contributed by atoms with E-state index in [2.05, 4.69) is 4.90 Å². The summed E-state index contributed by atoms with van der Waals surface area (Å²) in [7, 11) is 0. The maximum absolute atomic E-state index is 13.2. The van der Waals surface area contributed by atoms with Gasteiger partial charge in [-0.05, 0) is 64.2 Å². The first-order valence-electron chi connectivity index (χ1n) is 8.20. The number of halogens is 3. The van der Waals surface area contributed by atoms with Crippen LogP contribution in [0.15, 0.2) is 0 Å². The fraction of sp³-hybridized carbons (Fsp3) is 1.00. The third-order valence-electron chi connectivity index (χ3n) is 4.97. The summed E-state index contributed by atoms with van der Waals surface area (Å²) in [5.41, 5.74) is 5.73.